The van der Waals surface area contributed by atoms with Gasteiger partial charge in [0.1, 0.15) is 5.82 Å². The lowest BCUT2D eigenvalue weighted by atomic mass is 10.3. The largest absolute Gasteiger partial charge is 0.377 e. The highest BCUT2D eigenvalue weighted by molar-refractivity contribution is 5.35. The molecule has 0 aliphatic rings. The van der Waals surface area contributed by atoms with Crippen molar-refractivity contribution in [2.45, 2.75) is 26.9 Å². The van der Waals surface area contributed by atoms with Crippen LogP contribution in [0.15, 0.2) is 18.2 Å². The Hall–Kier alpha value is -1.09. The number of hydrogen-bond donors (Lipinski definition) is 1. The van der Waals surface area contributed by atoms with Gasteiger partial charge in [0.15, 0.2) is 0 Å². The monoisotopic (exact) mass is 194 g/mol. The summed E-state index contributed by atoms with van der Waals surface area (Å²) in [5.41, 5.74) is 1.03. The Kier molecular flexibility index (Phi) is 4.40. The van der Waals surface area contributed by atoms with E-state index in [4.69, 9.17) is 4.74 Å². The number of ether oxygens (including phenoxy) is 1. The van der Waals surface area contributed by atoms with Gasteiger partial charge in [-0.1, -0.05) is 6.07 Å². The second-order valence-electron chi connectivity index (χ2n) is 3.31. The first-order valence-electron chi connectivity index (χ1n) is 5.01. The van der Waals surface area contributed by atoms with Crippen molar-refractivity contribution < 1.29 is 4.74 Å². The van der Waals surface area contributed by atoms with Crippen molar-refractivity contribution in [3.05, 3.63) is 23.9 Å². The molecule has 1 N–H and O–H groups in total. The summed E-state index contributed by atoms with van der Waals surface area (Å²) in [6.45, 7) is 7.58. The minimum absolute atomic E-state index is 0.224. The van der Waals surface area contributed by atoms with Gasteiger partial charge in [0.05, 0.1) is 6.10 Å². The highest BCUT2D eigenvalue weighted by Gasteiger charge is 2.00. The van der Waals surface area contributed by atoms with E-state index in [2.05, 4.69) is 10.3 Å². The van der Waals surface area contributed by atoms with E-state index in [9.17, 15) is 0 Å². The summed E-state index contributed by atoms with van der Waals surface area (Å²) in [7, 11) is 0. The van der Waals surface area contributed by atoms with Crippen LogP contribution < -0.4 is 5.32 Å². The Balaban J connectivity index is 2.37. The van der Waals surface area contributed by atoms with Gasteiger partial charge in [-0.25, -0.2) is 4.98 Å². The molecule has 0 bridgehead atoms. The van der Waals surface area contributed by atoms with Crippen LogP contribution in [0.3, 0.4) is 0 Å². The highest BCUT2D eigenvalue weighted by atomic mass is 16.5. The van der Waals surface area contributed by atoms with E-state index in [1.165, 1.54) is 0 Å². The van der Waals surface area contributed by atoms with Crippen LogP contribution in [0.1, 0.15) is 19.5 Å². The molecule has 1 unspecified atom stereocenters. The van der Waals surface area contributed by atoms with Crippen LogP contribution in [-0.4, -0.2) is 24.2 Å². The zero-order chi connectivity index (χ0) is 10.4. The van der Waals surface area contributed by atoms with E-state index < -0.39 is 0 Å². The van der Waals surface area contributed by atoms with Gasteiger partial charge in [0.25, 0.3) is 0 Å². The summed E-state index contributed by atoms with van der Waals surface area (Å²) >= 11 is 0. The van der Waals surface area contributed by atoms with E-state index in [1.54, 1.807) is 0 Å². The van der Waals surface area contributed by atoms with Gasteiger partial charge in [0, 0.05) is 18.8 Å². The predicted molar refractivity (Wildman–Crippen MR) is 58.6 cm³/mol. The Labute approximate surface area is 85.5 Å². The normalized spacial score (nSPS) is 12.5. The van der Waals surface area contributed by atoms with E-state index in [1.807, 2.05) is 39.0 Å². The smallest absolute Gasteiger partial charge is 0.126 e. The molecule has 0 saturated heterocycles. The molecule has 1 aromatic rings. The number of nitrogens with one attached hydrogen (secondary N) is 1. The first-order valence-corrected chi connectivity index (χ1v) is 5.01. The second-order valence-corrected chi connectivity index (χ2v) is 3.31. The molecule has 78 valence electrons. The van der Waals surface area contributed by atoms with Crippen LogP contribution in [-0.2, 0) is 4.74 Å². The van der Waals surface area contributed by atoms with Gasteiger partial charge in [-0.05, 0) is 32.9 Å². The van der Waals surface area contributed by atoms with Gasteiger partial charge in [-0.3, -0.25) is 0 Å². The molecule has 0 fully saturated rings. The topological polar surface area (TPSA) is 34.1 Å². The molecular formula is C11H18N2O. The van der Waals surface area contributed by atoms with Crippen LogP contribution in [0.4, 0.5) is 5.82 Å². The molecule has 1 rings (SSSR count). The summed E-state index contributed by atoms with van der Waals surface area (Å²) in [5, 5.41) is 3.23. The highest BCUT2D eigenvalue weighted by Crippen LogP contribution is 2.04. The molecule has 1 aromatic heterocycles. The number of rotatable bonds is 5. The van der Waals surface area contributed by atoms with Crippen molar-refractivity contribution in [3.8, 4) is 0 Å². The lowest BCUT2D eigenvalue weighted by Crippen LogP contribution is -2.20. The van der Waals surface area contributed by atoms with Crippen LogP contribution in [0, 0.1) is 6.92 Å². The lowest BCUT2D eigenvalue weighted by Gasteiger charge is -2.12. The molecule has 0 spiro atoms. The van der Waals surface area contributed by atoms with Crippen molar-refractivity contribution in [3.63, 3.8) is 0 Å². The van der Waals surface area contributed by atoms with Crippen molar-refractivity contribution >= 4 is 5.82 Å². The van der Waals surface area contributed by atoms with Crippen molar-refractivity contribution in [1.82, 2.24) is 4.98 Å². The van der Waals surface area contributed by atoms with Gasteiger partial charge < -0.3 is 10.1 Å². The molecule has 0 saturated carbocycles. The molecule has 14 heavy (non-hydrogen) atoms. The lowest BCUT2D eigenvalue weighted by molar-refractivity contribution is 0.0855. The first kappa shape index (κ1) is 11.0. The molecule has 0 amide bonds. The van der Waals surface area contributed by atoms with Crippen LogP contribution in [0.2, 0.25) is 0 Å². The van der Waals surface area contributed by atoms with Gasteiger partial charge in [-0.2, -0.15) is 0 Å². The Bertz CT molecular complexity index is 276. The number of nitrogens with zero attached hydrogens (tertiary/aromatic N) is 1. The number of anilines is 1. The average molecular weight is 194 g/mol. The maximum absolute atomic E-state index is 5.40. The minimum Gasteiger partial charge on any atom is -0.377 e. The fraction of sp³-hybridized carbons (Fsp3) is 0.545. The number of pyridine rings is 1. The number of aryl methyl sites for hydroxylation is 1. The predicted octanol–water partition coefficient (Wildman–Crippen LogP) is 2.23. The zero-order valence-corrected chi connectivity index (χ0v) is 9.08. The van der Waals surface area contributed by atoms with Crippen LogP contribution in [0.5, 0.6) is 0 Å². The Morgan fingerprint density at radius 1 is 1.50 bits per heavy atom. The molecule has 0 aromatic carbocycles. The van der Waals surface area contributed by atoms with E-state index in [0.717, 1.165) is 24.7 Å². The molecule has 0 aliphatic heterocycles. The maximum Gasteiger partial charge on any atom is 0.126 e. The van der Waals surface area contributed by atoms with Crippen LogP contribution in [0.25, 0.3) is 0 Å². The number of aromatic nitrogens is 1. The third kappa shape index (κ3) is 3.75. The third-order valence-electron chi connectivity index (χ3n) is 1.91. The fourth-order valence-corrected chi connectivity index (χ4v) is 1.23. The van der Waals surface area contributed by atoms with Crippen LogP contribution >= 0.6 is 0 Å². The molecule has 3 heteroatoms. The summed E-state index contributed by atoms with van der Waals surface area (Å²) in [6.07, 6.45) is 0.224. The SMILES string of the molecule is CCOC(C)CNc1cccc(C)n1. The molecule has 0 radical (unpaired) electrons. The van der Waals surface area contributed by atoms with Crippen molar-refractivity contribution in [1.29, 1.82) is 0 Å². The summed E-state index contributed by atoms with van der Waals surface area (Å²) < 4.78 is 5.40. The van der Waals surface area contributed by atoms with E-state index >= 15 is 0 Å². The van der Waals surface area contributed by atoms with Crippen molar-refractivity contribution in [2.24, 2.45) is 0 Å². The van der Waals surface area contributed by atoms with Gasteiger partial charge in [-0.15, -0.1) is 0 Å². The summed E-state index contributed by atoms with van der Waals surface area (Å²) in [5.74, 6) is 0.913. The van der Waals surface area contributed by atoms with Crippen molar-refractivity contribution in [2.75, 3.05) is 18.5 Å². The maximum atomic E-state index is 5.40. The zero-order valence-electron chi connectivity index (χ0n) is 9.08. The molecule has 1 atom stereocenters. The molecule has 3 nitrogen and oxygen atoms in total. The molecule has 1 heterocycles. The average Bonchev–Trinajstić information content (AvgIpc) is 2.15. The third-order valence-corrected chi connectivity index (χ3v) is 1.91. The number of hydrogen-bond acceptors (Lipinski definition) is 3. The van der Waals surface area contributed by atoms with E-state index in [-0.39, 0.29) is 6.10 Å². The Morgan fingerprint density at radius 3 is 2.93 bits per heavy atom. The standard InChI is InChI=1S/C11H18N2O/c1-4-14-10(3)8-12-11-7-5-6-9(2)13-11/h5-7,10H,4,8H2,1-3H3,(H,12,13). The molecular weight excluding hydrogens is 176 g/mol. The van der Waals surface area contributed by atoms with Gasteiger partial charge >= 0.3 is 0 Å². The quantitative estimate of drug-likeness (QED) is 0.780. The molecule has 0 aliphatic carbocycles. The first-order chi connectivity index (χ1) is 6.72. The van der Waals surface area contributed by atoms with Gasteiger partial charge in [0.2, 0.25) is 0 Å². The Morgan fingerprint density at radius 2 is 2.29 bits per heavy atom. The summed E-state index contributed by atoms with van der Waals surface area (Å²) in [6, 6.07) is 5.94. The minimum atomic E-state index is 0.224. The second kappa shape index (κ2) is 5.60. The van der Waals surface area contributed by atoms with E-state index in [0.29, 0.717) is 0 Å². The summed E-state index contributed by atoms with van der Waals surface area (Å²) in [4.78, 5) is 4.34. The fourth-order valence-electron chi connectivity index (χ4n) is 1.23.